The molecule has 2 aliphatic heterocycles. The third-order valence-corrected chi connectivity index (χ3v) is 7.88. The maximum absolute atomic E-state index is 12.6. The number of hydrogen-bond donors (Lipinski definition) is 2. The van der Waals surface area contributed by atoms with Gasteiger partial charge in [-0.15, -0.1) is 11.8 Å². The SMILES string of the molecule is CC(O)C1C(=O)N2C(C(=O)O)=C3C(CCC[C@@H]3CSc3ccc(C(=O)N(C)C)cc3)[C@H]12. The van der Waals surface area contributed by atoms with Crippen LogP contribution < -0.4 is 0 Å². The number of amides is 2. The molecule has 1 saturated carbocycles. The maximum Gasteiger partial charge on any atom is 0.352 e. The lowest BCUT2D eigenvalue weighted by atomic mass is 9.70. The minimum atomic E-state index is -1.05. The number of carbonyl (C=O) groups excluding carboxylic acids is 2. The molecule has 3 unspecified atom stereocenters. The third kappa shape index (κ3) is 3.65. The average Bonchev–Trinajstić information content (AvgIpc) is 3.03. The summed E-state index contributed by atoms with van der Waals surface area (Å²) in [6.07, 6.45) is 1.95. The van der Waals surface area contributed by atoms with E-state index in [2.05, 4.69) is 0 Å². The van der Waals surface area contributed by atoms with Gasteiger partial charge in [0.25, 0.3) is 5.91 Å². The Morgan fingerprint density at radius 2 is 1.90 bits per heavy atom. The van der Waals surface area contributed by atoms with Gasteiger partial charge in [0.05, 0.1) is 18.1 Å². The standard InChI is InChI=1S/C23H28N2O5S/c1-12(26)17-19-16-6-4-5-14(18(16)20(23(29)30)25(19)22(17)28)11-31-15-9-7-13(8-10-15)21(27)24(2)3/h7-10,12,14,16-17,19,26H,4-6,11H2,1-3H3,(H,29,30)/t12?,14-,16?,17?,19-/m1/s1. The molecule has 0 aromatic heterocycles. The summed E-state index contributed by atoms with van der Waals surface area (Å²) in [6.45, 7) is 1.61. The fourth-order valence-corrected chi connectivity index (χ4v) is 6.39. The Labute approximate surface area is 186 Å². The first-order valence-corrected chi connectivity index (χ1v) is 11.6. The van der Waals surface area contributed by atoms with Gasteiger partial charge < -0.3 is 20.0 Å². The number of β-lactam (4-membered cyclic amide) rings is 1. The van der Waals surface area contributed by atoms with E-state index in [0.29, 0.717) is 5.56 Å². The molecule has 1 aliphatic carbocycles. The zero-order valence-corrected chi connectivity index (χ0v) is 18.8. The van der Waals surface area contributed by atoms with E-state index in [1.165, 1.54) is 9.80 Å². The van der Waals surface area contributed by atoms with Gasteiger partial charge in [-0.2, -0.15) is 0 Å². The highest BCUT2D eigenvalue weighted by atomic mass is 32.2. The Kier molecular flexibility index (Phi) is 5.87. The molecule has 1 aromatic rings. The monoisotopic (exact) mass is 444 g/mol. The number of nitrogens with zero attached hydrogens (tertiary/aromatic N) is 2. The quantitative estimate of drug-likeness (QED) is 0.517. The Morgan fingerprint density at radius 3 is 2.48 bits per heavy atom. The van der Waals surface area contributed by atoms with E-state index in [4.69, 9.17) is 0 Å². The van der Waals surface area contributed by atoms with E-state index in [1.54, 1.807) is 32.8 Å². The Bertz CT molecular complexity index is 940. The van der Waals surface area contributed by atoms with Crippen LogP contribution >= 0.6 is 11.8 Å². The van der Waals surface area contributed by atoms with Crippen molar-refractivity contribution in [1.82, 2.24) is 9.80 Å². The number of rotatable bonds is 6. The molecule has 1 saturated heterocycles. The first-order valence-electron chi connectivity index (χ1n) is 10.6. The average molecular weight is 445 g/mol. The van der Waals surface area contributed by atoms with Crippen LogP contribution in [0.4, 0.5) is 0 Å². The highest BCUT2D eigenvalue weighted by Crippen LogP contribution is 2.54. The van der Waals surface area contributed by atoms with Crippen LogP contribution in [0.3, 0.4) is 0 Å². The van der Waals surface area contributed by atoms with Crippen molar-refractivity contribution in [3.8, 4) is 0 Å². The molecular formula is C23H28N2O5S. The number of aliphatic carboxylic acids is 1. The van der Waals surface area contributed by atoms with Crippen molar-refractivity contribution in [2.24, 2.45) is 17.8 Å². The van der Waals surface area contributed by atoms with Crippen molar-refractivity contribution in [3.05, 3.63) is 41.1 Å². The molecule has 7 nitrogen and oxygen atoms in total. The summed E-state index contributed by atoms with van der Waals surface area (Å²) in [4.78, 5) is 40.7. The lowest BCUT2D eigenvalue weighted by molar-refractivity contribution is -0.163. The lowest BCUT2D eigenvalue weighted by Gasteiger charge is -2.47. The van der Waals surface area contributed by atoms with Crippen molar-refractivity contribution < 1.29 is 24.6 Å². The number of fused-ring (bicyclic) bond motifs is 3. The number of aliphatic hydroxyl groups is 1. The van der Waals surface area contributed by atoms with Crippen LogP contribution in [0, 0.1) is 17.8 Å². The zero-order valence-electron chi connectivity index (χ0n) is 17.9. The van der Waals surface area contributed by atoms with Crippen LogP contribution in [0.1, 0.15) is 36.5 Å². The van der Waals surface area contributed by atoms with Gasteiger partial charge in [0.15, 0.2) is 0 Å². The van der Waals surface area contributed by atoms with Crippen LogP contribution in [0.15, 0.2) is 40.4 Å². The molecule has 0 bridgehead atoms. The van der Waals surface area contributed by atoms with E-state index < -0.39 is 18.0 Å². The number of carbonyl (C=O) groups is 3. The van der Waals surface area contributed by atoms with Crippen molar-refractivity contribution in [3.63, 3.8) is 0 Å². The molecule has 2 N–H and O–H groups in total. The number of hydrogen-bond acceptors (Lipinski definition) is 5. The molecule has 2 heterocycles. The van der Waals surface area contributed by atoms with Gasteiger partial charge in [-0.25, -0.2) is 4.79 Å². The molecule has 1 aromatic carbocycles. The molecule has 8 heteroatoms. The highest BCUT2D eigenvalue weighted by molar-refractivity contribution is 7.99. The number of carboxylic acid groups (broad SMARTS) is 1. The van der Waals surface area contributed by atoms with Gasteiger partial charge in [0.2, 0.25) is 5.91 Å². The molecular weight excluding hydrogens is 416 g/mol. The summed E-state index contributed by atoms with van der Waals surface area (Å²) in [7, 11) is 3.44. The van der Waals surface area contributed by atoms with Crippen molar-refractivity contribution >= 4 is 29.5 Å². The molecule has 2 amide bonds. The molecule has 3 aliphatic rings. The topological polar surface area (TPSA) is 98.1 Å². The van der Waals surface area contributed by atoms with Gasteiger partial charge in [-0.1, -0.05) is 6.42 Å². The summed E-state index contributed by atoms with van der Waals surface area (Å²) in [6, 6.07) is 7.23. The second kappa shape index (κ2) is 8.31. The summed E-state index contributed by atoms with van der Waals surface area (Å²) in [5, 5.41) is 20.0. The molecule has 5 atom stereocenters. The number of benzene rings is 1. The van der Waals surface area contributed by atoms with Gasteiger partial charge in [-0.05, 0) is 55.5 Å². The number of aliphatic hydroxyl groups excluding tert-OH is 1. The fraction of sp³-hybridized carbons (Fsp3) is 0.522. The third-order valence-electron chi connectivity index (χ3n) is 6.70. The van der Waals surface area contributed by atoms with Gasteiger partial charge >= 0.3 is 5.97 Å². The molecule has 0 spiro atoms. The fourth-order valence-electron chi connectivity index (χ4n) is 5.32. The summed E-state index contributed by atoms with van der Waals surface area (Å²) >= 11 is 1.64. The van der Waals surface area contributed by atoms with Gasteiger partial charge in [0.1, 0.15) is 5.70 Å². The molecule has 0 radical (unpaired) electrons. The van der Waals surface area contributed by atoms with E-state index in [-0.39, 0.29) is 35.4 Å². The van der Waals surface area contributed by atoms with Crippen LogP contribution in [0.5, 0.6) is 0 Å². The lowest BCUT2D eigenvalue weighted by Crippen LogP contribution is -2.64. The largest absolute Gasteiger partial charge is 0.477 e. The first-order chi connectivity index (χ1) is 14.7. The minimum Gasteiger partial charge on any atom is -0.477 e. The van der Waals surface area contributed by atoms with Crippen molar-refractivity contribution in [1.29, 1.82) is 0 Å². The molecule has 2 fully saturated rings. The van der Waals surface area contributed by atoms with E-state index >= 15 is 0 Å². The number of carboxylic acids is 1. The first kappa shape index (κ1) is 21.9. The van der Waals surface area contributed by atoms with E-state index in [9.17, 15) is 24.6 Å². The second-order valence-corrected chi connectivity index (χ2v) is 9.94. The normalized spacial score (nSPS) is 28.0. The Balaban J connectivity index is 1.53. The van der Waals surface area contributed by atoms with Gasteiger partial charge in [-0.3, -0.25) is 9.59 Å². The van der Waals surface area contributed by atoms with Crippen molar-refractivity contribution in [2.45, 2.75) is 43.2 Å². The highest BCUT2D eigenvalue weighted by Gasteiger charge is 2.62. The Morgan fingerprint density at radius 1 is 1.23 bits per heavy atom. The zero-order chi connectivity index (χ0) is 22.4. The summed E-state index contributed by atoms with van der Waals surface area (Å²) in [5.74, 6) is -1.07. The molecule has 166 valence electrons. The van der Waals surface area contributed by atoms with E-state index in [1.807, 2.05) is 24.3 Å². The summed E-state index contributed by atoms with van der Waals surface area (Å²) in [5.41, 5.74) is 1.66. The van der Waals surface area contributed by atoms with Gasteiger partial charge in [0, 0.05) is 36.2 Å². The predicted molar refractivity (Wildman–Crippen MR) is 116 cm³/mol. The Hall–Kier alpha value is -2.32. The predicted octanol–water partition coefficient (Wildman–Crippen LogP) is 2.46. The molecule has 4 rings (SSSR count). The van der Waals surface area contributed by atoms with Crippen LogP contribution in [-0.4, -0.2) is 69.8 Å². The smallest absolute Gasteiger partial charge is 0.352 e. The summed E-state index contributed by atoms with van der Waals surface area (Å²) < 4.78 is 0. The van der Waals surface area contributed by atoms with Crippen LogP contribution in [0.2, 0.25) is 0 Å². The molecule has 31 heavy (non-hydrogen) atoms. The van der Waals surface area contributed by atoms with Crippen LogP contribution in [-0.2, 0) is 9.59 Å². The van der Waals surface area contributed by atoms with Crippen molar-refractivity contribution in [2.75, 3.05) is 19.8 Å². The minimum absolute atomic E-state index is 0.0165. The maximum atomic E-state index is 12.6. The van der Waals surface area contributed by atoms with Crippen LogP contribution in [0.25, 0.3) is 0 Å². The second-order valence-electron chi connectivity index (χ2n) is 8.84. The number of thioether (sulfide) groups is 1. The van der Waals surface area contributed by atoms with E-state index in [0.717, 1.165) is 35.5 Å².